The van der Waals surface area contributed by atoms with Gasteiger partial charge in [-0.15, -0.1) is 0 Å². The van der Waals surface area contributed by atoms with Crippen molar-refractivity contribution in [1.82, 2.24) is 4.90 Å². The molecule has 1 saturated heterocycles. The monoisotopic (exact) mass is 277 g/mol. The molecule has 110 valence electrons. The molecule has 0 N–H and O–H groups in total. The van der Waals surface area contributed by atoms with E-state index in [9.17, 15) is 4.79 Å². The van der Waals surface area contributed by atoms with E-state index in [4.69, 9.17) is 9.47 Å². The number of hydrogen-bond acceptors (Lipinski definition) is 3. The maximum Gasteiger partial charge on any atom is 0.226 e. The highest BCUT2D eigenvalue weighted by Gasteiger charge is 2.19. The Kier molecular flexibility index (Phi) is 5.41. The van der Waals surface area contributed by atoms with Gasteiger partial charge in [-0.25, -0.2) is 0 Å². The van der Waals surface area contributed by atoms with Crippen LogP contribution in [0.15, 0.2) is 24.3 Å². The van der Waals surface area contributed by atoms with Gasteiger partial charge in [0.15, 0.2) is 0 Å². The zero-order chi connectivity index (χ0) is 14.4. The van der Waals surface area contributed by atoms with Crippen LogP contribution in [0.5, 0.6) is 5.75 Å². The van der Waals surface area contributed by atoms with Gasteiger partial charge in [-0.1, -0.05) is 18.2 Å². The Balaban J connectivity index is 1.90. The molecule has 1 aliphatic heterocycles. The fourth-order valence-corrected chi connectivity index (χ4v) is 2.56. The molecule has 0 unspecified atom stereocenters. The van der Waals surface area contributed by atoms with Gasteiger partial charge < -0.3 is 14.4 Å². The second-order valence-corrected chi connectivity index (χ2v) is 5.32. The third-order valence-corrected chi connectivity index (χ3v) is 3.83. The lowest BCUT2D eigenvalue weighted by Gasteiger charge is -2.27. The van der Waals surface area contributed by atoms with Crippen LogP contribution in [0.4, 0.5) is 0 Å². The van der Waals surface area contributed by atoms with Gasteiger partial charge in [0.2, 0.25) is 5.91 Å². The first-order valence-electron chi connectivity index (χ1n) is 7.14. The number of amides is 1. The standard InChI is InChI=1S/C16H23NO3/c1-17(12-13-7-9-20-10-8-13)16(18)11-14-5-3-4-6-15(14)19-2/h3-6,13H,7-12H2,1-2H3. The first-order valence-corrected chi connectivity index (χ1v) is 7.14. The Bertz CT molecular complexity index is 441. The zero-order valence-corrected chi connectivity index (χ0v) is 12.3. The molecule has 0 spiro atoms. The van der Waals surface area contributed by atoms with E-state index in [1.165, 1.54) is 0 Å². The van der Waals surface area contributed by atoms with Gasteiger partial charge in [-0.05, 0) is 24.8 Å². The largest absolute Gasteiger partial charge is 0.496 e. The molecule has 0 bridgehead atoms. The molecule has 1 heterocycles. The van der Waals surface area contributed by atoms with Crippen molar-refractivity contribution in [2.75, 3.05) is 33.9 Å². The van der Waals surface area contributed by atoms with Gasteiger partial charge in [0, 0.05) is 32.4 Å². The summed E-state index contributed by atoms with van der Waals surface area (Å²) in [6, 6.07) is 7.68. The highest BCUT2D eigenvalue weighted by atomic mass is 16.5. The van der Waals surface area contributed by atoms with E-state index in [2.05, 4.69) is 0 Å². The maximum atomic E-state index is 12.3. The van der Waals surface area contributed by atoms with Crippen LogP contribution < -0.4 is 4.74 Å². The van der Waals surface area contributed by atoms with Gasteiger partial charge in [0.1, 0.15) is 5.75 Å². The fourth-order valence-electron chi connectivity index (χ4n) is 2.56. The SMILES string of the molecule is COc1ccccc1CC(=O)N(C)CC1CCOCC1. The van der Waals surface area contributed by atoms with Crippen LogP contribution in [0.3, 0.4) is 0 Å². The first kappa shape index (κ1) is 14.9. The molecule has 0 saturated carbocycles. The van der Waals surface area contributed by atoms with E-state index in [0.29, 0.717) is 12.3 Å². The molecule has 0 atom stereocenters. The average Bonchev–Trinajstić information content (AvgIpc) is 2.48. The van der Waals surface area contributed by atoms with Crippen molar-refractivity contribution in [3.05, 3.63) is 29.8 Å². The second-order valence-electron chi connectivity index (χ2n) is 5.32. The van der Waals surface area contributed by atoms with E-state index < -0.39 is 0 Å². The molecule has 20 heavy (non-hydrogen) atoms. The number of ether oxygens (including phenoxy) is 2. The van der Waals surface area contributed by atoms with Crippen molar-refractivity contribution in [3.8, 4) is 5.75 Å². The summed E-state index contributed by atoms with van der Waals surface area (Å²) >= 11 is 0. The van der Waals surface area contributed by atoms with Crippen LogP contribution in [-0.2, 0) is 16.0 Å². The fraction of sp³-hybridized carbons (Fsp3) is 0.562. The van der Waals surface area contributed by atoms with Crippen LogP contribution in [0, 0.1) is 5.92 Å². The molecule has 1 amide bonds. The lowest BCUT2D eigenvalue weighted by Crippen LogP contribution is -2.35. The molecule has 4 nitrogen and oxygen atoms in total. The summed E-state index contributed by atoms with van der Waals surface area (Å²) in [4.78, 5) is 14.1. The van der Waals surface area contributed by atoms with Gasteiger partial charge in [0.25, 0.3) is 0 Å². The van der Waals surface area contributed by atoms with E-state index in [1.807, 2.05) is 36.2 Å². The van der Waals surface area contributed by atoms with Gasteiger partial charge in [0.05, 0.1) is 13.5 Å². The van der Waals surface area contributed by atoms with Crippen molar-refractivity contribution < 1.29 is 14.3 Å². The lowest BCUT2D eigenvalue weighted by atomic mass is 9.99. The van der Waals surface area contributed by atoms with Crippen LogP contribution >= 0.6 is 0 Å². The number of rotatable bonds is 5. The van der Waals surface area contributed by atoms with E-state index >= 15 is 0 Å². The molecule has 1 aromatic rings. The summed E-state index contributed by atoms with van der Waals surface area (Å²) in [5.74, 6) is 1.48. The molecule has 1 aliphatic rings. The van der Waals surface area contributed by atoms with E-state index in [1.54, 1.807) is 7.11 Å². The molecule has 1 aromatic carbocycles. The van der Waals surface area contributed by atoms with Crippen LogP contribution in [0.1, 0.15) is 18.4 Å². The number of methoxy groups -OCH3 is 1. The van der Waals surface area contributed by atoms with Gasteiger partial charge in [-0.3, -0.25) is 4.79 Å². The molecular formula is C16H23NO3. The highest BCUT2D eigenvalue weighted by Crippen LogP contribution is 2.20. The van der Waals surface area contributed by atoms with Crippen molar-refractivity contribution >= 4 is 5.91 Å². The Morgan fingerprint density at radius 2 is 2.05 bits per heavy atom. The Morgan fingerprint density at radius 3 is 2.75 bits per heavy atom. The van der Waals surface area contributed by atoms with Crippen molar-refractivity contribution in [3.63, 3.8) is 0 Å². The number of carbonyl (C=O) groups is 1. The van der Waals surface area contributed by atoms with Gasteiger partial charge >= 0.3 is 0 Å². The summed E-state index contributed by atoms with van der Waals surface area (Å²) < 4.78 is 10.6. The van der Waals surface area contributed by atoms with E-state index in [-0.39, 0.29) is 5.91 Å². The number of nitrogens with zero attached hydrogens (tertiary/aromatic N) is 1. The highest BCUT2D eigenvalue weighted by molar-refractivity contribution is 5.79. The molecule has 0 aromatic heterocycles. The van der Waals surface area contributed by atoms with E-state index in [0.717, 1.165) is 43.9 Å². The van der Waals surface area contributed by atoms with Crippen LogP contribution in [0.25, 0.3) is 0 Å². The minimum absolute atomic E-state index is 0.140. The second kappa shape index (κ2) is 7.29. The zero-order valence-electron chi connectivity index (χ0n) is 12.3. The molecule has 2 rings (SSSR count). The quantitative estimate of drug-likeness (QED) is 0.827. The predicted octanol–water partition coefficient (Wildman–Crippen LogP) is 2.12. The van der Waals surface area contributed by atoms with Crippen molar-refractivity contribution in [1.29, 1.82) is 0 Å². The summed E-state index contributed by atoms with van der Waals surface area (Å²) in [7, 11) is 3.52. The molecular weight excluding hydrogens is 254 g/mol. The molecule has 0 aliphatic carbocycles. The summed E-state index contributed by atoms with van der Waals surface area (Å²) in [6.45, 7) is 2.45. The lowest BCUT2D eigenvalue weighted by molar-refractivity contribution is -0.130. The summed E-state index contributed by atoms with van der Waals surface area (Å²) in [5, 5.41) is 0. The summed E-state index contributed by atoms with van der Waals surface area (Å²) in [5.41, 5.74) is 0.943. The van der Waals surface area contributed by atoms with Crippen LogP contribution in [0.2, 0.25) is 0 Å². The molecule has 4 heteroatoms. The Hall–Kier alpha value is -1.55. The first-order chi connectivity index (χ1) is 9.70. The third kappa shape index (κ3) is 3.97. The molecule has 0 radical (unpaired) electrons. The average molecular weight is 277 g/mol. The number of likely N-dealkylation sites (N-methyl/N-ethyl adjacent to an activating group) is 1. The van der Waals surface area contributed by atoms with Crippen molar-refractivity contribution in [2.24, 2.45) is 5.92 Å². The number of benzene rings is 1. The van der Waals surface area contributed by atoms with Crippen molar-refractivity contribution in [2.45, 2.75) is 19.3 Å². The Labute approximate surface area is 120 Å². The number of hydrogen-bond donors (Lipinski definition) is 0. The number of para-hydroxylation sites is 1. The van der Waals surface area contributed by atoms with Crippen LogP contribution in [-0.4, -0.2) is 44.7 Å². The minimum Gasteiger partial charge on any atom is -0.496 e. The topological polar surface area (TPSA) is 38.8 Å². The molecule has 1 fully saturated rings. The predicted molar refractivity (Wildman–Crippen MR) is 77.9 cm³/mol. The third-order valence-electron chi connectivity index (χ3n) is 3.83. The van der Waals surface area contributed by atoms with Gasteiger partial charge in [-0.2, -0.15) is 0 Å². The minimum atomic E-state index is 0.140. The Morgan fingerprint density at radius 1 is 1.35 bits per heavy atom. The normalized spacial score (nSPS) is 15.9. The maximum absolute atomic E-state index is 12.3. The summed E-state index contributed by atoms with van der Waals surface area (Å²) in [6.07, 6.45) is 2.49. The number of carbonyl (C=O) groups excluding carboxylic acids is 1. The smallest absolute Gasteiger partial charge is 0.226 e.